The minimum Gasteiger partial charge on any atom is -0.748 e. The second-order valence-corrected chi connectivity index (χ2v) is 19.9. The zero-order chi connectivity index (χ0) is 32.9. The average Bonchev–Trinajstić information content (AvgIpc) is 3.79. The fraction of sp³-hybridized carbons (Fsp3) is 1.00. The Morgan fingerprint density at radius 3 is 0.939 bits per heavy atom. The minimum absolute atomic E-state index is 0. The Morgan fingerprint density at radius 2 is 0.653 bits per heavy atom. The fourth-order valence-corrected chi connectivity index (χ4v) is 15.7. The van der Waals surface area contributed by atoms with E-state index in [0.717, 1.165) is 44.9 Å². The van der Waals surface area contributed by atoms with E-state index < -0.39 is 42.8 Å². The van der Waals surface area contributed by atoms with Gasteiger partial charge in [-0.15, -0.1) is 0 Å². The number of nitrogens with one attached hydrogen (secondary N) is 8. The van der Waals surface area contributed by atoms with Crippen molar-refractivity contribution >= 4 is 20.2 Å². The summed E-state index contributed by atoms with van der Waals surface area (Å²) in [6.07, 6.45) is 13.5. The Hall–Kier alpha value is 0.123. The molecule has 9 fully saturated rings. The number of hydrogen-bond donors (Lipinski definition) is 8. The maximum atomic E-state index is 13.0. The number of fused-ring (bicyclic) bond motifs is 20. The molecule has 0 aromatic carbocycles. The quantitative estimate of drug-likeness (QED) is 0.133. The summed E-state index contributed by atoms with van der Waals surface area (Å²) in [5.41, 5.74) is 0. The Bertz CT molecular complexity index is 1450. The largest absolute Gasteiger partial charge is 2.00 e. The zero-order valence-corrected chi connectivity index (χ0v) is 32.9. The smallest absolute Gasteiger partial charge is 0.748 e. The summed E-state index contributed by atoms with van der Waals surface area (Å²) in [7, 11) is -10.1. The van der Waals surface area contributed by atoms with Gasteiger partial charge in [0.05, 0.1) is 80.1 Å². The van der Waals surface area contributed by atoms with Gasteiger partial charge in [-0.1, -0.05) is 38.5 Å². The second kappa shape index (κ2) is 13.8. The molecule has 4 aliphatic carbocycles. The van der Waals surface area contributed by atoms with Crippen LogP contribution in [-0.4, -0.2) is 85.8 Å². The summed E-state index contributed by atoms with van der Waals surface area (Å²) in [4.78, 5) is 0. The van der Waals surface area contributed by atoms with E-state index >= 15 is 0 Å². The molecule has 5 aliphatic heterocycles. The maximum absolute atomic E-state index is 13.0. The van der Waals surface area contributed by atoms with Crippen LogP contribution in [0.3, 0.4) is 0 Å². The van der Waals surface area contributed by atoms with E-state index in [0.29, 0.717) is 41.9 Å². The van der Waals surface area contributed by atoms with Gasteiger partial charge in [-0.25, -0.2) is 16.8 Å². The van der Waals surface area contributed by atoms with Crippen molar-refractivity contribution in [2.24, 2.45) is 47.3 Å². The predicted octanol–water partition coefficient (Wildman–Crippen LogP) is -0.349. The molecule has 0 radical (unpaired) electrons. The average molecular weight is 776 g/mol. The van der Waals surface area contributed by atoms with Crippen LogP contribution in [0.1, 0.15) is 89.9 Å². The molecule has 272 valence electrons. The minimum atomic E-state index is -5.12. The van der Waals surface area contributed by atoms with Gasteiger partial charge in [-0.2, -0.15) is 0 Å². The Kier molecular flexibility index (Phi) is 10.1. The van der Waals surface area contributed by atoms with Crippen LogP contribution >= 0.6 is 0 Å². The first kappa shape index (κ1) is 36.1. The van der Waals surface area contributed by atoms with Crippen LogP contribution in [0.4, 0.5) is 0 Å². The molecule has 14 nitrogen and oxygen atoms in total. The van der Waals surface area contributed by atoms with Gasteiger partial charge in [0, 0.05) is 5.92 Å². The second-order valence-electron chi connectivity index (χ2n) is 16.8. The van der Waals surface area contributed by atoms with E-state index in [-0.39, 0.29) is 75.0 Å². The molecule has 9 rings (SSSR count). The van der Waals surface area contributed by atoms with Gasteiger partial charge < -0.3 is 9.11 Å². The summed E-state index contributed by atoms with van der Waals surface area (Å²) in [6.45, 7) is 0. The Labute approximate surface area is 304 Å². The molecular formula is C32H54N8O6S2Zn. The molecule has 18 atom stereocenters. The summed E-state index contributed by atoms with van der Waals surface area (Å²) >= 11 is 0. The predicted molar refractivity (Wildman–Crippen MR) is 175 cm³/mol. The van der Waals surface area contributed by atoms with E-state index in [1.165, 1.54) is 32.1 Å². The van der Waals surface area contributed by atoms with Crippen molar-refractivity contribution in [3.05, 3.63) is 0 Å². The molecule has 9 aliphatic rings. The van der Waals surface area contributed by atoms with Gasteiger partial charge in [0.2, 0.25) is 0 Å². The van der Waals surface area contributed by atoms with Gasteiger partial charge in [-0.3, -0.25) is 42.5 Å². The molecule has 5 heterocycles. The van der Waals surface area contributed by atoms with Crippen molar-refractivity contribution < 1.29 is 45.4 Å². The SMILES string of the molecule is O=S(=O)([O-])C1CCC2C3NC4NC(NC5NC(NC6NC(NC(N3)C2C1S(=O)(=O)[O-])C1CCCCC61)C1CCCCC51)C1CCCCC41.[Zn+2]. The first-order chi connectivity index (χ1) is 23.0. The van der Waals surface area contributed by atoms with E-state index in [9.17, 15) is 25.9 Å². The van der Waals surface area contributed by atoms with Crippen LogP contribution in [0, 0.1) is 47.3 Å². The molecule has 0 aromatic heterocycles. The third-order valence-corrected chi connectivity index (χ3v) is 17.4. The van der Waals surface area contributed by atoms with Crippen LogP contribution in [0.2, 0.25) is 0 Å². The zero-order valence-electron chi connectivity index (χ0n) is 28.3. The molecule has 0 aromatic rings. The fourth-order valence-electron chi connectivity index (χ4n) is 12.7. The van der Waals surface area contributed by atoms with Crippen LogP contribution in [0.25, 0.3) is 0 Å². The van der Waals surface area contributed by atoms with Crippen molar-refractivity contribution in [2.75, 3.05) is 0 Å². The van der Waals surface area contributed by atoms with Crippen LogP contribution < -0.4 is 42.5 Å². The molecule has 4 saturated carbocycles. The third kappa shape index (κ3) is 6.44. The van der Waals surface area contributed by atoms with Gasteiger partial charge in [-0.05, 0) is 92.8 Å². The van der Waals surface area contributed by atoms with Crippen molar-refractivity contribution in [1.29, 1.82) is 0 Å². The van der Waals surface area contributed by atoms with E-state index in [1.54, 1.807) is 0 Å². The maximum Gasteiger partial charge on any atom is 2.00 e. The van der Waals surface area contributed by atoms with Crippen LogP contribution in [0.15, 0.2) is 0 Å². The van der Waals surface area contributed by atoms with E-state index in [1.807, 2.05) is 0 Å². The van der Waals surface area contributed by atoms with Crippen molar-refractivity contribution in [2.45, 2.75) is 150 Å². The molecule has 5 saturated heterocycles. The van der Waals surface area contributed by atoms with Crippen LogP contribution in [-0.2, 0) is 39.7 Å². The Morgan fingerprint density at radius 1 is 0.367 bits per heavy atom. The summed E-state index contributed by atoms with van der Waals surface area (Å²) in [6, 6.07) is 0. The summed E-state index contributed by atoms with van der Waals surface area (Å²) in [5, 5.41) is 27.7. The molecular weight excluding hydrogens is 722 g/mol. The molecule has 17 heteroatoms. The Balaban J connectivity index is 0.00000348. The van der Waals surface area contributed by atoms with Crippen molar-refractivity contribution in [1.82, 2.24) is 42.5 Å². The van der Waals surface area contributed by atoms with E-state index in [2.05, 4.69) is 42.5 Å². The normalized spacial score (nSPS) is 52.7. The molecule has 8 N–H and O–H groups in total. The number of rotatable bonds is 2. The first-order valence-electron chi connectivity index (χ1n) is 19.0. The van der Waals surface area contributed by atoms with Gasteiger partial charge in [0.1, 0.15) is 0 Å². The number of hydrogen-bond acceptors (Lipinski definition) is 14. The van der Waals surface area contributed by atoms with E-state index in [4.69, 9.17) is 0 Å². The molecule has 18 unspecified atom stereocenters. The van der Waals surface area contributed by atoms with Crippen LogP contribution in [0.5, 0.6) is 0 Å². The molecule has 0 spiro atoms. The van der Waals surface area contributed by atoms with Gasteiger partial charge in [0.25, 0.3) is 0 Å². The van der Waals surface area contributed by atoms with Gasteiger partial charge in [0.15, 0.2) is 0 Å². The molecule has 49 heavy (non-hydrogen) atoms. The summed E-state index contributed by atoms with van der Waals surface area (Å²) < 4.78 is 76.3. The van der Waals surface area contributed by atoms with Crippen molar-refractivity contribution in [3.8, 4) is 0 Å². The first-order valence-corrected chi connectivity index (χ1v) is 22.0. The van der Waals surface area contributed by atoms with Crippen molar-refractivity contribution in [3.63, 3.8) is 0 Å². The third-order valence-electron chi connectivity index (χ3n) is 14.6. The molecule has 8 bridgehead atoms. The molecule has 0 amide bonds. The standard InChI is InChI=1S/C32H56N8O6S2.Zn/c41-47(42,43)22-14-13-21-23(24(22)48(44,45)46)32-39-30-20-12-6-5-11-19(20)28(37-30)35-26-16-8-2-1-7-15(16)25(33-26)34-27-17-9-3-4-10-18(17)29(36-27)38-31(21)40-32;/h15-40H,1-14H2,(H,41,42,43)(H,44,45,46);/q;+2/p-2. The monoisotopic (exact) mass is 774 g/mol. The topological polar surface area (TPSA) is 211 Å². The van der Waals surface area contributed by atoms with Gasteiger partial charge >= 0.3 is 19.5 Å². The summed E-state index contributed by atoms with van der Waals surface area (Å²) in [5.74, 6) is 1.42.